The van der Waals surface area contributed by atoms with E-state index in [1.165, 1.54) is 0 Å². The van der Waals surface area contributed by atoms with E-state index in [9.17, 15) is 22.7 Å². The van der Waals surface area contributed by atoms with Crippen molar-refractivity contribution < 1.29 is 32.5 Å². The average Bonchev–Trinajstić information content (AvgIpc) is 2.62. The maximum atomic E-state index is 13.8. The topological polar surface area (TPSA) is 62.1 Å². The first-order valence-electron chi connectivity index (χ1n) is 5.15. The molecule has 0 aromatic rings. The molecule has 1 fully saturated rings. The molecule has 18 heavy (non-hydrogen) atoms. The van der Waals surface area contributed by atoms with Crippen LogP contribution in [0, 0.1) is 0 Å². The van der Waals surface area contributed by atoms with Gasteiger partial charge in [0.05, 0.1) is 5.04 Å². The van der Waals surface area contributed by atoms with E-state index < -0.39 is 42.1 Å². The molecule has 104 valence electrons. The lowest BCUT2D eigenvalue weighted by molar-refractivity contribution is -0.267. The lowest BCUT2D eigenvalue weighted by Gasteiger charge is -2.39. The van der Waals surface area contributed by atoms with Gasteiger partial charge in [0.15, 0.2) is 12.3 Å². The van der Waals surface area contributed by atoms with Gasteiger partial charge in [0.2, 0.25) is 0 Å². The van der Waals surface area contributed by atoms with Crippen LogP contribution in [-0.4, -0.2) is 57.4 Å². The Hall–Kier alpha value is -0.380. The van der Waals surface area contributed by atoms with Crippen molar-refractivity contribution >= 4 is 16.8 Å². The molecule has 2 N–H and O–H groups in total. The van der Waals surface area contributed by atoms with Crippen molar-refractivity contribution in [3.8, 4) is 0 Å². The fourth-order valence-electron chi connectivity index (χ4n) is 1.93. The van der Waals surface area contributed by atoms with E-state index in [2.05, 4.69) is 4.99 Å². The van der Waals surface area contributed by atoms with E-state index in [4.69, 9.17) is 9.84 Å². The van der Waals surface area contributed by atoms with Crippen LogP contribution in [0.4, 0.5) is 17.6 Å². The molecular weight excluding hydrogens is 278 g/mol. The molecule has 2 aliphatic heterocycles. The molecule has 2 aliphatic rings. The van der Waals surface area contributed by atoms with Crippen LogP contribution in [-0.2, 0) is 4.74 Å². The highest BCUT2D eigenvalue weighted by Gasteiger charge is 2.56. The summed E-state index contributed by atoms with van der Waals surface area (Å²) in [5, 5.41) is 19.0. The first-order valence-corrected chi connectivity index (χ1v) is 6.03. The molecule has 0 unspecified atom stereocenters. The summed E-state index contributed by atoms with van der Waals surface area (Å²) in [5.41, 5.74) is -0.939. The van der Waals surface area contributed by atoms with Gasteiger partial charge in [-0.25, -0.2) is 4.39 Å². The van der Waals surface area contributed by atoms with Crippen molar-refractivity contribution in [1.82, 2.24) is 0 Å². The van der Waals surface area contributed by atoms with Gasteiger partial charge in [0.1, 0.15) is 23.7 Å². The summed E-state index contributed by atoms with van der Waals surface area (Å²) in [6.45, 7) is 1.57. The Morgan fingerprint density at radius 1 is 1.44 bits per heavy atom. The first-order chi connectivity index (χ1) is 8.21. The highest BCUT2D eigenvalue weighted by atomic mass is 32.2. The lowest BCUT2D eigenvalue weighted by atomic mass is 9.95. The van der Waals surface area contributed by atoms with Gasteiger partial charge in [0, 0.05) is 0 Å². The van der Waals surface area contributed by atoms with Crippen LogP contribution in [0.1, 0.15) is 6.92 Å². The van der Waals surface area contributed by atoms with Crippen molar-refractivity contribution in [2.24, 2.45) is 4.99 Å². The van der Waals surface area contributed by atoms with E-state index in [-0.39, 0.29) is 0 Å². The second kappa shape index (κ2) is 4.62. The SMILES string of the molecule is CC1=N[C@@H]2[C@H](F)[C@H](O)[C@@H]([C@@H](O)C(F)(F)F)O[C@@H]2S1. The Kier molecular flexibility index (Phi) is 3.60. The maximum absolute atomic E-state index is 13.8. The van der Waals surface area contributed by atoms with Crippen LogP contribution < -0.4 is 0 Å². The van der Waals surface area contributed by atoms with Gasteiger partial charge < -0.3 is 14.9 Å². The molecule has 0 aliphatic carbocycles. The van der Waals surface area contributed by atoms with E-state index in [1.807, 2.05) is 0 Å². The number of aliphatic imine (C=N–C) groups is 1. The van der Waals surface area contributed by atoms with Crippen LogP contribution in [0.2, 0.25) is 0 Å². The average molecular weight is 289 g/mol. The molecule has 1 saturated heterocycles. The summed E-state index contributed by atoms with van der Waals surface area (Å²) >= 11 is 0.985. The minimum absolute atomic E-state index is 0.474. The summed E-state index contributed by atoms with van der Waals surface area (Å²) in [6, 6.07) is -1.03. The molecule has 9 heteroatoms. The minimum Gasteiger partial charge on any atom is -0.387 e. The molecule has 0 bridgehead atoms. The van der Waals surface area contributed by atoms with Crippen molar-refractivity contribution in [3.05, 3.63) is 0 Å². The van der Waals surface area contributed by atoms with Crippen LogP contribution in [0.3, 0.4) is 0 Å². The summed E-state index contributed by atoms with van der Waals surface area (Å²) < 4.78 is 55.8. The Labute approximate surface area is 104 Å². The Morgan fingerprint density at radius 3 is 2.61 bits per heavy atom. The standard InChI is InChI=1S/C9H11F4NO3S/c1-2-14-4-3(10)5(15)6(17-8(4)18-2)7(16)9(11,12)13/h3-8,15-16H,1H3/t3-,4+,5-,6-,7+,8+/m0/s1. The number of nitrogens with zero attached hydrogens (tertiary/aromatic N) is 1. The van der Waals surface area contributed by atoms with Gasteiger partial charge in [-0.3, -0.25) is 4.99 Å². The molecule has 2 rings (SSSR count). The fourth-order valence-corrected chi connectivity index (χ4v) is 2.99. The lowest BCUT2D eigenvalue weighted by Crippen LogP contribution is -2.59. The number of hydrogen-bond acceptors (Lipinski definition) is 5. The first kappa shape index (κ1) is 14.0. The third-order valence-corrected chi connectivity index (χ3v) is 3.89. The highest BCUT2D eigenvalue weighted by molar-refractivity contribution is 8.14. The van der Waals surface area contributed by atoms with Crippen LogP contribution >= 0.6 is 11.8 Å². The van der Waals surface area contributed by atoms with Crippen molar-refractivity contribution in [2.75, 3.05) is 0 Å². The van der Waals surface area contributed by atoms with Gasteiger partial charge in [-0.15, -0.1) is 0 Å². The zero-order valence-electron chi connectivity index (χ0n) is 9.13. The van der Waals surface area contributed by atoms with Gasteiger partial charge in [-0.05, 0) is 6.92 Å². The number of hydrogen-bond donors (Lipinski definition) is 2. The van der Waals surface area contributed by atoms with E-state index in [1.54, 1.807) is 6.92 Å². The molecule has 0 amide bonds. The molecule has 0 aromatic heterocycles. The third kappa shape index (κ3) is 2.36. The normalized spacial score (nSPS) is 42.4. The molecular formula is C9H11F4NO3S. The highest BCUT2D eigenvalue weighted by Crippen LogP contribution is 2.40. The fraction of sp³-hybridized carbons (Fsp3) is 0.889. The molecule has 2 heterocycles. The maximum Gasteiger partial charge on any atom is 0.417 e. The largest absolute Gasteiger partial charge is 0.417 e. The number of aliphatic hydroxyl groups excluding tert-OH is 2. The zero-order chi connectivity index (χ0) is 13.7. The second-order valence-corrected chi connectivity index (χ2v) is 5.44. The number of fused-ring (bicyclic) bond motifs is 1. The number of thioether (sulfide) groups is 1. The molecule has 4 nitrogen and oxygen atoms in total. The van der Waals surface area contributed by atoms with Gasteiger partial charge >= 0.3 is 6.18 Å². The van der Waals surface area contributed by atoms with Crippen molar-refractivity contribution in [1.29, 1.82) is 0 Å². The zero-order valence-corrected chi connectivity index (χ0v) is 9.95. The quantitative estimate of drug-likeness (QED) is 0.703. The van der Waals surface area contributed by atoms with Gasteiger partial charge in [-0.2, -0.15) is 13.2 Å². The Morgan fingerprint density at radius 2 is 2.06 bits per heavy atom. The van der Waals surface area contributed by atoms with E-state index >= 15 is 0 Å². The van der Waals surface area contributed by atoms with E-state index in [0.717, 1.165) is 11.8 Å². The summed E-state index contributed by atoms with van der Waals surface area (Å²) in [7, 11) is 0. The second-order valence-electron chi connectivity index (χ2n) is 4.15. The van der Waals surface area contributed by atoms with E-state index in [0.29, 0.717) is 5.04 Å². The number of aliphatic hydroxyl groups is 2. The summed E-state index contributed by atoms with van der Waals surface area (Å²) in [5.74, 6) is 0. The number of ether oxygens (including phenoxy) is 1. The third-order valence-electron chi connectivity index (χ3n) is 2.82. The number of rotatable bonds is 1. The van der Waals surface area contributed by atoms with Crippen molar-refractivity contribution in [3.63, 3.8) is 0 Å². The minimum atomic E-state index is -4.97. The predicted octanol–water partition coefficient (Wildman–Crippen LogP) is 0.867. The predicted molar refractivity (Wildman–Crippen MR) is 56.1 cm³/mol. The molecule has 0 saturated carbocycles. The Balaban J connectivity index is 2.17. The molecule has 0 radical (unpaired) electrons. The van der Waals surface area contributed by atoms with Gasteiger partial charge in [-0.1, -0.05) is 11.8 Å². The van der Waals surface area contributed by atoms with Crippen molar-refractivity contribution in [2.45, 2.75) is 49.1 Å². The summed E-state index contributed by atoms with van der Waals surface area (Å²) in [4.78, 5) is 3.85. The molecule has 0 spiro atoms. The van der Waals surface area contributed by atoms with Crippen LogP contribution in [0.15, 0.2) is 4.99 Å². The monoisotopic (exact) mass is 289 g/mol. The van der Waals surface area contributed by atoms with Crippen LogP contribution in [0.25, 0.3) is 0 Å². The summed E-state index contributed by atoms with van der Waals surface area (Å²) in [6.07, 6.45) is -14.0. The molecule has 6 atom stereocenters. The smallest absolute Gasteiger partial charge is 0.387 e. The van der Waals surface area contributed by atoms with Gasteiger partial charge in [0.25, 0.3) is 0 Å². The molecule has 0 aromatic carbocycles. The Bertz CT molecular complexity index is 364. The van der Waals surface area contributed by atoms with Crippen LogP contribution in [0.5, 0.6) is 0 Å². The number of alkyl halides is 4. The number of halogens is 4.